The van der Waals surface area contributed by atoms with Crippen LogP contribution in [0.15, 0.2) is 48.5 Å². The van der Waals surface area contributed by atoms with E-state index in [-0.39, 0.29) is 11.6 Å². The van der Waals surface area contributed by atoms with Crippen LogP contribution in [0.1, 0.15) is 57.5 Å². The molecule has 0 aliphatic heterocycles. The number of ketones is 3. The smallest absolute Gasteiger partial charge is 0.194 e. The van der Waals surface area contributed by atoms with Crippen molar-refractivity contribution in [1.82, 2.24) is 0 Å². The molecule has 0 atom stereocenters. The molecule has 2 aliphatic carbocycles. The first-order valence-electron chi connectivity index (χ1n) is 7.47. The molecule has 4 rings (SSSR count). The van der Waals surface area contributed by atoms with Crippen LogP contribution in [0, 0.1) is 0 Å². The molecule has 110 valence electrons. The van der Waals surface area contributed by atoms with Crippen molar-refractivity contribution in [3.05, 3.63) is 70.8 Å². The highest BCUT2D eigenvalue weighted by molar-refractivity contribution is 6.28. The third-order valence-corrected chi connectivity index (χ3v) is 3.99. The molecule has 2 aromatic carbocycles. The van der Waals surface area contributed by atoms with Gasteiger partial charge < -0.3 is 0 Å². The molecule has 1 saturated carbocycles. The van der Waals surface area contributed by atoms with Crippen molar-refractivity contribution in [2.24, 2.45) is 0 Å². The molecule has 0 spiro atoms. The Labute approximate surface area is 129 Å². The van der Waals surface area contributed by atoms with Gasteiger partial charge in [-0.05, 0) is 12.8 Å². The second-order valence-corrected chi connectivity index (χ2v) is 5.50. The molecule has 0 amide bonds. The van der Waals surface area contributed by atoms with Crippen molar-refractivity contribution in [3.8, 4) is 0 Å². The molecule has 0 saturated heterocycles. The maximum absolute atomic E-state index is 12.1. The van der Waals surface area contributed by atoms with E-state index >= 15 is 0 Å². The van der Waals surface area contributed by atoms with E-state index < -0.39 is 0 Å². The number of hydrogen-bond donors (Lipinski definition) is 0. The van der Waals surface area contributed by atoms with Gasteiger partial charge in [0, 0.05) is 35.1 Å². The van der Waals surface area contributed by atoms with Crippen LogP contribution in [-0.4, -0.2) is 17.3 Å². The minimum atomic E-state index is -0.0641. The fraction of sp³-hybridized carbons (Fsp3) is 0.211. The van der Waals surface area contributed by atoms with Crippen molar-refractivity contribution < 1.29 is 14.4 Å². The van der Waals surface area contributed by atoms with Crippen LogP contribution in [0.25, 0.3) is 0 Å². The minimum Gasteiger partial charge on any atom is -0.300 e. The molecule has 0 radical (unpaired) electrons. The van der Waals surface area contributed by atoms with E-state index in [1.807, 2.05) is 0 Å². The van der Waals surface area contributed by atoms with E-state index in [0.29, 0.717) is 28.0 Å². The average molecular weight is 292 g/mol. The van der Waals surface area contributed by atoms with Crippen molar-refractivity contribution in [2.45, 2.75) is 25.7 Å². The molecule has 3 heteroatoms. The standard InChI is InChI=1S/C14H8O2.C5H8O/c15-13-9-5-1-2-6-10(9)14(16)12-8-4-3-7-11(12)13;6-5-3-1-2-4-5/h1-8H;1-4H2. The Kier molecular flexibility index (Phi) is 3.96. The Morgan fingerprint density at radius 2 is 0.864 bits per heavy atom. The number of hydrogen-bond acceptors (Lipinski definition) is 3. The first-order valence-corrected chi connectivity index (χ1v) is 7.47. The third-order valence-electron chi connectivity index (χ3n) is 3.99. The number of carbonyl (C=O) groups is 3. The molecular weight excluding hydrogens is 276 g/mol. The van der Waals surface area contributed by atoms with Gasteiger partial charge in [-0.25, -0.2) is 0 Å². The second kappa shape index (κ2) is 6.06. The predicted molar refractivity (Wildman–Crippen MR) is 83.2 cm³/mol. The Bertz CT molecular complexity index is 645. The van der Waals surface area contributed by atoms with E-state index in [0.717, 1.165) is 25.7 Å². The van der Waals surface area contributed by atoms with Crippen LogP contribution in [0.2, 0.25) is 0 Å². The zero-order valence-corrected chi connectivity index (χ0v) is 12.2. The zero-order chi connectivity index (χ0) is 15.5. The van der Waals surface area contributed by atoms with E-state index in [1.54, 1.807) is 48.5 Å². The zero-order valence-electron chi connectivity index (χ0n) is 12.2. The Balaban J connectivity index is 0.000000202. The van der Waals surface area contributed by atoms with Gasteiger partial charge in [-0.2, -0.15) is 0 Å². The van der Waals surface area contributed by atoms with E-state index in [1.165, 1.54) is 0 Å². The molecule has 1 fully saturated rings. The maximum Gasteiger partial charge on any atom is 0.194 e. The fourth-order valence-corrected chi connectivity index (χ4v) is 2.82. The Hall–Kier alpha value is -2.55. The molecule has 2 aromatic rings. The van der Waals surface area contributed by atoms with Crippen LogP contribution in [0.4, 0.5) is 0 Å². The summed E-state index contributed by atoms with van der Waals surface area (Å²) in [5.74, 6) is 0.326. The first-order chi connectivity index (χ1) is 10.7. The van der Waals surface area contributed by atoms with Gasteiger partial charge in [0.1, 0.15) is 5.78 Å². The largest absolute Gasteiger partial charge is 0.300 e. The van der Waals surface area contributed by atoms with Crippen molar-refractivity contribution in [3.63, 3.8) is 0 Å². The molecule has 0 heterocycles. The maximum atomic E-state index is 12.1. The highest BCUT2D eigenvalue weighted by Crippen LogP contribution is 2.26. The number of benzene rings is 2. The van der Waals surface area contributed by atoms with Gasteiger partial charge in [0.15, 0.2) is 11.6 Å². The Morgan fingerprint density at radius 1 is 0.545 bits per heavy atom. The van der Waals surface area contributed by atoms with E-state index in [2.05, 4.69) is 0 Å². The predicted octanol–water partition coefficient (Wildman–Crippen LogP) is 3.59. The van der Waals surface area contributed by atoms with Crippen molar-refractivity contribution in [1.29, 1.82) is 0 Å². The molecule has 3 nitrogen and oxygen atoms in total. The number of Topliss-reactive ketones (excluding diaryl/α,β-unsaturated/α-hetero) is 1. The second-order valence-electron chi connectivity index (χ2n) is 5.50. The molecule has 0 bridgehead atoms. The van der Waals surface area contributed by atoms with Crippen LogP contribution in [0.5, 0.6) is 0 Å². The highest BCUT2D eigenvalue weighted by atomic mass is 16.1. The summed E-state index contributed by atoms with van der Waals surface area (Å²) < 4.78 is 0. The summed E-state index contributed by atoms with van der Waals surface area (Å²) in [7, 11) is 0. The summed E-state index contributed by atoms with van der Waals surface area (Å²) >= 11 is 0. The number of fused-ring (bicyclic) bond motifs is 2. The van der Waals surface area contributed by atoms with Gasteiger partial charge in [0.05, 0.1) is 0 Å². The summed E-state index contributed by atoms with van der Waals surface area (Å²) in [6.45, 7) is 0. The fourth-order valence-electron chi connectivity index (χ4n) is 2.82. The molecule has 2 aliphatic rings. The van der Waals surface area contributed by atoms with Crippen molar-refractivity contribution >= 4 is 17.3 Å². The summed E-state index contributed by atoms with van der Waals surface area (Å²) in [6, 6.07) is 13.9. The lowest BCUT2D eigenvalue weighted by Gasteiger charge is -2.16. The van der Waals surface area contributed by atoms with Gasteiger partial charge in [-0.3, -0.25) is 14.4 Å². The molecule has 0 unspecified atom stereocenters. The summed E-state index contributed by atoms with van der Waals surface area (Å²) in [4.78, 5) is 34.4. The lowest BCUT2D eigenvalue weighted by atomic mass is 9.84. The highest BCUT2D eigenvalue weighted by Gasteiger charge is 2.28. The van der Waals surface area contributed by atoms with Gasteiger partial charge in [0.25, 0.3) is 0 Å². The van der Waals surface area contributed by atoms with Crippen LogP contribution in [-0.2, 0) is 4.79 Å². The average Bonchev–Trinajstić information content (AvgIpc) is 3.04. The van der Waals surface area contributed by atoms with Gasteiger partial charge >= 0.3 is 0 Å². The lowest BCUT2D eigenvalue weighted by Crippen LogP contribution is -2.20. The van der Waals surface area contributed by atoms with Gasteiger partial charge in [-0.1, -0.05) is 48.5 Å². The number of rotatable bonds is 0. The van der Waals surface area contributed by atoms with Crippen LogP contribution >= 0.6 is 0 Å². The summed E-state index contributed by atoms with van der Waals surface area (Å²) in [5, 5.41) is 0. The van der Waals surface area contributed by atoms with E-state index in [4.69, 9.17) is 0 Å². The van der Waals surface area contributed by atoms with Crippen LogP contribution in [0.3, 0.4) is 0 Å². The molecule has 0 aromatic heterocycles. The lowest BCUT2D eigenvalue weighted by molar-refractivity contribution is -0.117. The minimum absolute atomic E-state index is 0.0641. The molecule has 22 heavy (non-hydrogen) atoms. The summed E-state index contributed by atoms with van der Waals surface area (Å²) in [6.07, 6.45) is 3.97. The van der Waals surface area contributed by atoms with Gasteiger partial charge in [0.2, 0.25) is 0 Å². The van der Waals surface area contributed by atoms with Crippen LogP contribution < -0.4 is 0 Å². The number of carbonyl (C=O) groups excluding carboxylic acids is 3. The first kappa shape index (κ1) is 14.4. The van der Waals surface area contributed by atoms with Crippen molar-refractivity contribution in [2.75, 3.05) is 0 Å². The Morgan fingerprint density at radius 3 is 1.09 bits per heavy atom. The quantitative estimate of drug-likeness (QED) is 0.636. The molecular formula is C19H16O3. The van der Waals surface area contributed by atoms with Gasteiger partial charge in [-0.15, -0.1) is 0 Å². The normalized spacial score (nSPS) is 15.7. The SMILES string of the molecule is O=C1CCCC1.O=C1c2ccccc2C(=O)c2ccccc21. The summed E-state index contributed by atoms with van der Waals surface area (Å²) in [5.41, 5.74) is 2.02. The third kappa shape index (κ3) is 2.62. The van der Waals surface area contributed by atoms with E-state index in [9.17, 15) is 14.4 Å². The topological polar surface area (TPSA) is 51.2 Å². The monoisotopic (exact) mass is 292 g/mol. The molecule has 0 N–H and O–H groups in total.